The molecule has 0 unspecified atom stereocenters. The van der Waals surface area contributed by atoms with Crippen molar-refractivity contribution in [3.63, 3.8) is 0 Å². The van der Waals surface area contributed by atoms with Gasteiger partial charge in [-0.1, -0.05) is 24.8 Å². The maximum atomic E-state index is 12.4. The smallest absolute Gasteiger partial charge is 0.347 e. The second-order valence-electron chi connectivity index (χ2n) is 5.24. The van der Waals surface area contributed by atoms with E-state index in [0.29, 0.717) is 17.0 Å². The van der Waals surface area contributed by atoms with Crippen LogP contribution < -0.4 is 14.8 Å². The molecular weight excluding hydrogens is 322 g/mol. The van der Waals surface area contributed by atoms with E-state index < -0.39 is 11.9 Å². The molecule has 128 valence electrons. The van der Waals surface area contributed by atoms with Crippen LogP contribution in [-0.4, -0.2) is 17.8 Å². The van der Waals surface area contributed by atoms with Gasteiger partial charge in [-0.25, -0.2) is 4.79 Å². The largest absolute Gasteiger partial charge is 0.426 e. The van der Waals surface area contributed by atoms with Gasteiger partial charge in [0.15, 0.2) is 0 Å². The Bertz CT molecular complexity index is 827. The number of hydrogen-bond donors (Lipinski definition) is 1. The molecule has 1 N–H and O–H groups in total. The molecule has 0 aliphatic heterocycles. The minimum atomic E-state index is -0.714. The van der Waals surface area contributed by atoms with Crippen LogP contribution in [0.2, 0.25) is 0 Å². The average Bonchev–Trinajstić information content (AvgIpc) is 2.56. The highest BCUT2D eigenvalue weighted by Gasteiger charge is 2.18. The molecule has 0 fully saturated rings. The van der Waals surface area contributed by atoms with Gasteiger partial charge in [-0.2, -0.15) is 0 Å². The van der Waals surface area contributed by atoms with E-state index in [4.69, 9.17) is 9.47 Å². The number of esters is 2. The van der Waals surface area contributed by atoms with Gasteiger partial charge in [-0.05, 0) is 37.3 Å². The van der Waals surface area contributed by atoms with E-state index in [1.165, 1.54) is 25.1 Å². The van der Waals surface area contributed by atoms with Gasteiger partial charge in [0.2, 0.25) is 0 Å². The number of nitrogens with one attached hydrogen (secondary N) is 1. The fraction of sp³-hybridized carbons (Fsp3) is 0.105. The van der Waals surface area contributed by atoms with Crippen LogP contribution in [0.15, 0.2) is 60.7 Å². The standard InChI is InChI=1S/C19H17NO5/c1-12(2)18(22)20-14-9-10-17(24-13(3)21)16(11-14)19(23)25-15-7-5-4-6-8-15/h4-11H,1H2,2-3H3,(H,20,22). The summed E-state index contributed by atoms with van der Waals surface area (Å²) in [6.07, 6.45) is 0. The molecule has 0 aliphatic carbocycles. The molecule has 2 aromatic rings. The van der Waals surface area contributed by atoms with Gasteiger partial charge in [0, 0.05) is 18.2 Å². The van der Waals surface area contributed by atoms with Crippen molar-refractivity contribution in [1.82, 2.24) is 0 Å². The highest BCUT2D eigenvalue weighted by atomic mass is 16.5. The lowest BCUT2D eigenvalue weighted by Crippen LogP contribution is -2.15. The number of para-hydroxylation sites is 1. The first-order chi connectivity index (χ1) is 11.9. The van der Waals surface area contributed by atoms with E-state index in [1.807, 2.05) is 0 Å². The third-order valence-corrected chi connectivity index (χ3v) is 3.05. The minimum Gasteiger partial charge on any atom is -0.426 e. The number of benzene rings is 2. The Labute approximate surface area is 145 Å². The van der Waals surface area contributed by atoms with Crippen LogP contribution in [0.3, 0.4) is 0 Å². The molecule has 2 aromatic carbocycles. The molecule has 1 amide bonds. The molecule has 6 heteroatoms. The zero-order valence-corrected chi connectivity index (χ0v) is 13.9. The molecule has 6 nitrogen and oxygen atoms in total. The SMILES string of the molecule is C=C(C)C(=O)Nc1ccc(OC(C)=O)c(C(=O)Oc2ccccc2)c1. The number of carbonyl (C=O) groups excluding carboxylic acids is 3. The second-order valence-corrected chi connectivity index (χ2v) is 5.24. The van der Waals surface area contributed by atoms with Crippen molar-refractivity contribution in [2.75, 3.05) is 5.32 Å². The molecule has 0 radical (unpaired) electrons. The summed E-state index contributed by atoms with van der Waals surface area (Å²) >= 11 is 0. The molecule has 0 bridgehead atoms. The van der Waals surface area contributed by atoms with Crippen molar-refractivity contribution in [2.24, 2.45) is 0 Å². The molecule has 0 atom stereocenters. The van der Waals surface area contributed by atoms with Crippen molar-refractivity contribution in [3.05, 3.63) is 66.2 Å². The van der Waals surface area contributed by atoms with Crippen LogP contribution in [0.1, 0.15) is 24.2 Å². The molecular formula is C19H17NO5. The first-order valence-electron chi connectivity index (χ1n) is 7.43. The predicted octanol–water partition coefficient (Wildman–Crippen LogP) is 3.35. The van der Waals surface area contributed by atoms with Crippen LogP contribution in [0.5, 0.6) is 11.5 Å². The lowest BCUT2D eigenvalue weighted by molar-refractivity contribution is -0.131. The Hall–Kier alpha value is -3.41. The lowest BCUT2D eigenvalue weighted by atomic mass is 10.1. The molecule has 25 heavy (non-hydrogen) atoms. The van der Waals surface area contributed by atoms with Crippen LogP contribution in [0, 0.1) is 0 Å². The average molecular weight is 339 g/mol. The molecule has 0 saturated carbocycles. The highest BCUT2D eigenvalue weighted by Crippen LogP contribution is 2.25. The van der Waals surface area contributed by atoms with E-state index in [-0.39, 0.29) is 17.2 Å². The molecule has 0 aromatic heterocycles. The Morgan fingerprint density at radius 3 is 2.24 bits per heavy atom. The topological polar surface area (TPSA) is 81.7 Å². The quantitative estimate of drug-likeness (QED) is 0.513. The molecule has 0 aliphatic rings. The van der Waals surface area contributed by atoms with Crippen LogP contribution in [0.25, 0.3) is 0 Å². The van der Waals surface area contributed by atoms with Crippen LogP contribution >= 0.6 is 0 Å². The fourth-order valence-corrected chi connectivity index (χ4v) is 1.90. The lowest BCUT2D eigenvalue weighted by Gasteiger charge is -2.12. The summed E-state index contributed by atoms with van der Waals surface area (Å²) in [5.41, 5.74) is 0.681. The van der Waals surface area contributed by atoms with E-state index in [2.05, 4.69) is 11.9 Å². The zero-order chi connectivity index (χ0) is 18.4. The summed E-state index contributed by atoms with van der Waals surface area (Å²) in [4.78, 5) is 35.4. The van der Waals surface area contributed by atoms with Crippen LogP contribution in [-0.2, 0) is 9.59 Å². The Balaban J connectivity index is 2.33. The zero-order valence-electron chi connectivity index (χ0n) is 13.9. The summed E-state index contributed by atoms with van der Waals surface area (Å²) in [6.45, 7) is 6.34. The number of amides is 1. The normalized spacial score (nSPS) is 9.84. The first kappa shape index (κ1) is 17.9. The monoisotopic (exact) mass is 339 g/mol. The third-order valence-electron chi connectivity index (χ3n) is 3.05. The van der Waals surface area contributed by atoms with Gasteiger partial charge in [-0.15, -0.1) is 0 Å². The number of rotatable bonds is 5. The number of hydrogen-bond acceptors (Lipinski definition) is 5. The van der Waals surface area contributed by atoms with E-state index >= 15 is 0 Å². The van der Waals surface area contributed by atoms with Gasteiger partial charge in [0.25, 0.3) is 5.91 Å². The molecule has 2 rings (SSSR count). The Morgan fingerprint density at radius 1 is 0.960 bits per heavy atom. The van der Waals surface area contributed by atoms with Crippen molar-refractivity contribution in [2.45, 2.75) is 13.8 Å². The third kappa shape index (κ3) is 5.04. The summed E-state index contributed by atoms with van der Waals surface area (Å²) in [6, 6.07) is 12.8. The van der Waals surface area contributed by atoms with Gasteiger partial charge in [0.1, 0.15) is 17.1 Å². The van der Waals surface area contributed by atoms with Crippen molar-refractivity contribution >= 4 is 23.5 Å². The predicted molar refractivity (Wildman–Crippen MR) is 92.6 cm³/mol. The van der Waals surface area contributed by atoms with Crippen molar-refractivity contribution in [3.8, 4) is 11.5 Å². The maximum Gasteiger partial charge on any atom is 0.347 e. The summed E-state index contributed by atoms with van der Waals surface area (Å²) in [5.74, 6) is -1.29. The Kier molecular flexibility index (Phi) is 5.68. The fourth-order valence-electron chi connectivity index (χ4n) is 1.90. The van der Waals surface area contributed by atoms with Crippen molar-refractivity contribution < 1.29 is 23.9 Å². The Morgan fingerprint density at radius 2 is 1.64 bits per heavy atom. The molecule has 0 saturated heterocycles. The summed E-state index contributed by atoms with van der Waals surface area (Å²) < 4.78 is 10.3. The van der Waals surface area contributed by atoms with E-state index in [9.17, 15) is 14.4 Å². The maximum absolute atomic E-state index is 12.4. The summed E-state index contributed by atoms with van der Waals surface area (Å²) in [5, 5.41) is 2.59. The highest BCUT2D eigenvalue weighted by molar-refractivity contribution is 6.04. The number of carbonyl (C=O) groups is 3. The van der Waals surface area contributed by atoms with Gasteiger partial charge in [0.05, 0.1) is 0 Å². The number of ether oxygens (including phenoxy) is 2. The van der Waals surface area contributed by atoms with Gasteiger partial charge < -0.3 is 14.8 Å². The first-order valence-corrected chi connectivity index (χ1v) is 7.43. The second kappa shape index (κ2) is 7.92. The van der Waals surface area contributed by atoms with Gasteiger partial charge in [-0.3, -0.25) is 9.59 Å². The van der Waals surface area contributed by atoms with Crippen molar-refractivity contribution in [1.29, 1.82) is 0 Å². The van der Waals surface area contributed by atoms with Gasteiger partial charge >= 0.3 is 11.9 Å². The molecule has 0 heterocycles. The number of anilines is 1. The van der Waals surface area contributed by atoms with E-state index in [1.54, 1.807) is 37.3 Å². The van der Waals surface area contributed by atoms with Crippen LogP contribution in [0.4, 0.5) is 5.69 Å². The molecule has 0 spiro atoms. The summed E-state index contributed by atoms with van der Waals surface area (Å²) in [7, 11) is 0. The van der Waals surface area contributed by atoms with E-state index in [0.717, 1.165) is 0 Å². The minimum absolute atomic E-state index is 0.0126.